The standard InChI is InChI=1S/C30H52O2/c1-25(2)21-12-16-30(8)22(28(21,6)15-13-23(25)31)10-9-20-24-19(26(3,4)32)11-14-27(24,5)17-18-29(20,30)7/h19-24,31-32H,9-18H2,1-8H3/t19?,20?,21?,22?,23-,24?,27-,28-,29+,30+/m0/s1. The Morgan fingerprint density at radius 2 is 1.38 bits per heavy atom. The van der Waals surface area contributed by atoms with Gasteiger partial charge >= 0.3 is 0 Å². The van der Waals surface area contributed by atoms with Crippen molar-refractivity contribution in [3.63, 3.8) is 0 Å². The van der Waals surface area contributed by atoms with Gasteiger partial charge in [-0.2, -0.15) is 0 Å². The summed E-state index contributed by atoms with van der Waals surface area (Å²) in [4.78, 5) is 0. The Kier molecular flexibility index (Phi) is 5.01. The second kappa shape index (κ2) is 6.77. The monoisotopic (exact) mass is 444 g/mol. The Labute approximate surface area is 198 Å². The molecule has 0 amide bonds. The van der Waals surface area contributed by atoms with E-state index in [-0.39, 0.29) is 11.5 Å². The van der Waals surface area contributed by atoms with Crippen molar-refractivity contribution in [2.24, 2.45) is 56.7 Å². The maximum Gasteiger partial charge on any atom is 0.0622 e. The van der Waals surface area contributed by atoms with Crippen LogP contribution in [0.3, 0.4) is 0 Å². The summed E-state index contributed by atoms with van der Waals surface area (Å²) >= 11 is 0. The molecular formula is C30H52O2. The molecule has 0 radical (unpaired) electrons. The number of fused-ring (bicyclic) bond motifs is 7. The van der Waals surface area contributed by atoms with Gasteiger partial charge in [0.25, 0.3) is 0 Å². The second-order valence-corrected chi connectivity index (χ2v) is 15.5. The van der Waals surface area contributed by atoms with Gasteiger partial charge < -0.3 is 10.2 Å². The SMILES string of the molecule is CC(C)(O)C1CC[C@@]2(C)CC[C@]3(C)C(CCC4[C@@]5(C)CC[C@H](O)C(C)(C)C5CC[C@]43C)C12. The lowest BCUT2D eigenvalue weighted by atomic mass is 9.32. The van der Waals surface area contributed by atoms with Gasteiger partial charge in [0.05, 0.1) is 11.7 Å². The van der Waals surface area contributed by atoms with E-state index in [0.29, 0.717) is 39.4 Å². The Morgan fingerprint density at radius 3 is 2.03 bits per heavy atom. The molecule has 184 valence electrons. The summed E-state index contributed by atoms with van der Waals surface area (Å²) in [7, 11) is 0. The molecule has 5 saturated carbocycles. The third-order valence-electron chi connectivity index (χ3n) is 13.7. The van der Waals surface area contributed by atoms with Crippen molar-refractivity contribution in [3.8, 4) is 0 Å². The van der Waals surface area contributed by atoms with Crippen LogP contribution in [-0.4, -0.2) is 21.9 Å². The molecule has 0 aromatic carbocycles. The first-order valence-corrected chi connectivity index (χ1v) is 14.0. The van der Waals surface area contributed by atoms with Crippen LogP contribution in [0.4, 0.5) is 0 Å². The van der Waals surface area contributed by atoms with Crippen molar-refractivity contribution in [1.82, 2.24) is 0 Å². The van der Waals surface area contributed by atoms with E-state index in [0.717, 1.165) is 18.3 Å². The highest BCUT2D eigenvalue weighted by Gasteiger charge is 2.70. The zero-order valence-electron chi connectivity index (χ0n) is 22.4. The quantitative estimate of drug-likeness (QED) is 0.448. The van der Waals surface area contributed by atoms with Crippen molar-refractivity contribution < 1.29 is 10.2 Å². The molecule has 0 aromatic rings. The molecule has 5 rings (SSSR count). The van der Waals surface area contributed by atoms with E-state index in [2.05, 4.69) is 55.4 Å². The van der Waals surface area contributed by atoms with Crippen LogP contribution in [0.25, 0.3) is 0 Å². The van der Waals surface area contributed by atoms with Gasteiger partial charge in [0.15, 0.2) is 0 Å². The van der Waals surface area contributed by atoms with Gasteiger partial charge in [0.2, 0.25) is 0 Å². The van der Waals surface area contributed by atoms with Gasteiger partial charge in [-0.3, -0.25) is 0 Å². The first-order valence-electron chi connectivity index (χ1n) is 14.0. The van der Waals surface area contributed by atoms with Crippen molar-refractivity contribution in [1.29, 1.82) is 0 Å². The Morgan fingerprint density at radius 1 is 0.688 bits per heavy atom. The van der Waals surface area contributed by atoms with Crippen LogP contribution in [-0.2, 0) is 0 Å². The van der Waals surface area contributed by atoms with Crippen LogP contribution in [0.5, 0.6) is 0 Å². The lowest BCUT2D eigenvalue weighted by Gasteiger charge is -2.73. The van der Waals surface area contributed by atoms with E-state index in [9.17, 15) is 10.2 Å². The minimum absolute atomic E-state index is 0.0364. The molecule has 0 spiro atoms. The summed E-state index contributed by atoms with van der Waals surface area (Å²) in [5.41, 5.74) is 1.02. The third-order valence-corrected chi connectivity index (χ3v) is 13.7. The zero-order chi connectivity index (χ0) is 23.5. The van der Waals surface area contributed by atoms with Gasteiger partial charge in [0.1, 0.15) is 0 Å². The second-order valence-electron chi connectivity index (χ2n) is 15.5. The minimum atomic E-state index is -0.564. The molecular weight excluding hydrogens is 392 g/mol. The molecule has 2 heteroatoms. The molecule has 0 saturated heterocycles. The first kappa shape index (κ1) is 23.7. The average molecular weight is 445 g/mol. The molecule has 5 unspecified atom stereocenters. The van der Waals surface area contributed by atoms with Crippen LogP contribution < -0.4 is 0 Å². The molecule has 0 aliphatic heterocycles. The molecule has 5 aliphatic carbocycles. The van der Waals surface area contributed by atoms with E-state index in [1.165, 1.54) is 57.8 Å². The number of rotatable bonds is 1. The summed E-state index contributed by atoms with van der Waals surface area (Å²) in [5.74, 6) is 3.29. The van der Waals surface area contributed by atoms with E-state index in [1.807, 2.05) is 0 Å². The smallest absolute Gasteiger partial charge is 0.0622 e. The van der Waals surface area contributed by atoms with Crippen LogP contribution >= 0.6 is 0 Å². The van der Waals surface area contributed by atoms with Gasteiger partial charge in [-0.05, 0) is 135 Å². The highest BCUT2D eigenvalue weighted by Crippen LogP contribution is 2.77. The number of hydrogen-bond donors (Lipinski definition) is 2. The van der Waals surface area contributed by atoms with Gasteiger partial charge in [-0.15, -0.1) is 0 Å². The molecule has 0 bridgehead atoms. The van der Waals surface area contributed by atoms with Crippen molar-refractivity contribution in [2.45, 2.75) is 131 Å². The highest BCUT2D eigenvalue weighted by molar-refractivity contribution is 5.19. The van der Waals surface area contributed by atoms with Crippen molar-refractivity contribution in [2.75, 3.05) is 0 Å². The summed E-state index contributed by atoms with van der Waals surface area (Å²) in [6.07, 6.45) is 12.6. The number of aliphatic hydroxyl groups excluding tert-OH is 1. The minimum Gasteiger partial charge on any atom is -0.393 e. The summed E-state index contributed by atoms with van der Waals surface area (Å²) in [6.45, 7) is 19.5. The van der Waals surface area contributed by atoms with Crippen LogP contribution in [0.1, 0.15) is 120 Å². The molecule has 5 fully saturated rings. The molecule has 2 nitrogen and oxygen atoms in total. The maximum atomic E-state index is 11.2. The molecule has 5 aliphatic rings. The third kappa shape index (κ3) is 2.78. The number of hydrogen-bond acceptors (Lipinski definition) is 2. The van der Waals surface area contributed by atoms with Crippen LogP contribution in [0.2, 0.25) is 0 Å². The molecule has 32 heavy (non-hydrogen) atoms. The lowest BCUT2D eigenvalue weighted by Crippen LogP contribution is -2.66. The fraction of sp³-hybridized carbons (Fsp3) is 1.00. The predicted molar refractivity (Wildman–Crippen MR) is 132 cm³/mol. The maximum absolute atomic E-state index is 11.2. The normalized spacial score (nSPS) is 57.2. The summed E-state index contributed by atoms with van der Waals surface area (Å²) in [5, 5.41) is 22.1. The largest absolute Gasteiger partial charge is 0.393 e. The zero-order valence-corrected chi connectivity index (χ0v) is 22.4. The van der Waals surface area contributed by atoms with Crippen LogP contribution in [0.15, 0.2) is 0 Å². The Balaban J connectivity index is 1.54. The first-order chi connectivity index (χ1) is 14.6. The fourth-order valence-electron chi connectivity index (χ4n) is 11.7. The molecule has 0 aromatic heterocycles. The van der Waals surface area contributed by atoms with Crippen molar-refractivity contribution in [3.05, 3.63) is 0 Å². The van der Waals surface area contributed by atoms with E-state index >= 15 is 0 Å². The van der Waals surface area contributed by atoms with E-state index in [4.69, 9.17) is 0 Å². The van der Waals surface area contributed by atoms with E-state index in [1.54, 1.807) is 0 Å². The van der Waals surface area contributed by atoms with Gasteiger partial charge in [-0.25, -0.2) is 0 Å². The van der Waals surface area contributed by atoms with Crippen LogP contribution in [0, 0.1) is 56.7 Å². The molecule has 2 N–H and O–H groups in total. The highest BCUT2D eigenvalue weighted by atomic mass is 16.3. The fourth-order valence-corrected chi connectivity index (χ4v) is 11.7. The Hall–Kier alpha value is -0.0800. The van der Waals surface area contributed by atoms with Gasteiger partial charge in [-0.1, -0.05) is 41.5 Å². The molecule has 10 atom stereocenters. The van der Waals surface area contributed by atoms with E-state index < -0.39 is 5.60 Å². The number of aliphatic hydroxyl groups is 2. The van der Waals surface area contributed by atoms with Crippen molar-refractivity contribution >= 4 is 0 Å². The molecule has 0 heterocycles. The average Bonchev–Trinajstić information content (AvgIpc) is 3.04. The van der Waals surface area contributed by atoms with Gasteiger partial charge in [0, 0.05) is 0 Å². The Bertz CT molecular complexity index is 765. The topological polar surface area (TPSA) is 40.5 Å². The lowest BCUT2D eigenvalue weighted by molar-refractivity contribution is -0.250. The summed E-state index contributed by atoms with van der Waals surface area (Å²) in [6, 6.07) is 0. The summed E-state index contributed by atoms with van der Waals surface area (Å²) < 4.78 is 0. The predicted octanol–water partition coefficient (Wildman–Crippen LogP) is 7.22.